The maximum absolute atomic E-state index is 13.8. The highest BCUT2D eigenvalue weighted by molar-refractivity contribution is 7.91. The van der Waals surface area contributed by atoms with E-state index in [-0.39, 0.29) is 17.6 Å². The highest BCUT2D eigenvalue weighted by Gasteiger charge is 2.49. The molecule has 1 atom stereocenters. The summed E-state index contributed by atoms with van der Waals surface area (Å²) in [5.41, 5.74) is 5.39. The van der Waals surface area contributed by atoms with Crippen LogP contribution >= 0.6 is 0 Å². The molecule has 1 saturated heterocycles. The second-order valence-electron chi connectivity index (χ2n) is 10.8. The number of benzene rings is 2. The predicted octanol–water partition coefficient (Wildman–Crippen LogP) is 1.56. The predicted molar refractivity (Wildman–Crippen MR) is 137 cm³/mol. The Morgan fingerprint density at radius 3 is 2.50 bits per heavy atom. The van der Waals surface area contributed by atoms with E-state index in [0.717, 1.165) is 22.0 Å². The van der Waals surface area contributed by atoms with Gasteiger partial charge >= 0.3 is 0 Å². The number of sulfone groups is 1. The van der Waals surface area contributed by atoms with Gasteiger partial charge in [0.2, 0.25) is 5.91 Å². The van der Waals surface area contributed by atoms with E-state index in [1.54, 1.807) is 30.9 Å². The maximum atomic E-state index is 13.8. The summed E-state index contributed by atoms with van der Waals surface area (Å²) < 4.78 is 25.6. The summed E-state index contributed by atoms with van der Waals surface area (Å²) in [7, 11) is -3.33. The number of amides is 2. The number of hydrogen-bond acceptors (Lipinski definition) is 4. The van der Waals surface area contributed by atoms with E-state index in [9.17, 15) is 18.0 Å². The number of hydrogen-bond donors (Lipinski definition) is 3. The van der Waals surface area contributed by atoms with Gasteiger partial charge < -0.3 is 20.9 Å². The summed E-state index contributed by atoms with van der Waals surface area (Å²) in [5.74, 6) is -0.348. The third kappa shape index (κ3) is 4.30. The van der Waals surface area contributed by atoms with Crippen LogP contribution in [-0.2, 0) is 31.3 Å². The average Bonchev–Trinajstić information content (AvgIpc) is 3.34. The Hall–Kier alpha value is -3.17. The zero-order chi connectivity index (χ0) is 25.7. The third-order valence-electron chi connectivity index (χ3n) is 7.61. The van der Waals surface area contributed by atoms with Gasteiger partial charge in [-0.3, -0.25) is 9.59 Å². The minimum atomic E-state index is -3.33. The van der Waals surface area contributed by atoms with Crippen molar-refractivity contribution in [1.29, 1.82) is 0 Å². The zero-order valence-electron chi connectivity index (χ0n) is 20.7. The number of nitrogens with zero attached hydrogens (tertiary/aromatic N) is 1. The second-order valence-corrected chi connectivity index (χ2v) is 12.8. The van der Waals surface area contributed by atoms with Gasteiger partial charge in [-0.05, 0) is 49.9 Å². The van der Waals surface area contributed by atoms with Crippen molar-refractivity contribution in [3.63, 3.8) is 0 Å². The van der Waals surface area contributed by atoms with Crippen molar-refractivity contribution in [3.8, 4) is 0 Å². The molecule has 36 heavy (non-hydrogen) atoms. The maximum Gasteiger partial charge on any atom is 0.281 e. The molecule has 5 N–H and O–H groups in total. The van der Waals surface area contributed by atoms with E-state index in [1.807, 2.05) is 42.6 Å². The molecule has 9 heteroatoms. The first-order valence-corrected chi connectivity index (χ1v) is 14.0. The molecule has 2 aliphatic heterocycles. The molecule has 2 aliphatic rings. The van der Waals surface area contributed by atoms with Crippen LogP contribution in [0.5, 0.6) is 0 Å². The minimum absolute atomic E-state index is 0.0899. The fourth-order valence-electron chi connectivity index (χ4n) is 5.56. The van der Waals surface area contributed by atoms with E-state index in [4.69, 9.17) is 0 Å². The van der Waals surface area contributed by atoms with Crippen LogP contribution in [0.25, 0.3) is 10.9 Å². The highest BCUT2D eigenvalue weighted by atomic mass is 32.2. The van der Waals surface area contributed by atoms with E-state index >= 15 is 0 Å². The highest BCUT2D eigenvalue weighted by Crippen LogP contribution is 2.46. The van der Waals surface area contributed by atoms with Crippen molar-refractivity contribution in [1.82, 2.24) is 15.2 Å². The number of para-hydroxylation sites is 1. The van der Waals surface area contributed by atoms with Gasteiger partial charge in [-0.25, -0.2) is 8.42 Å². The summed E-state index contributed by atoms with van der Waals surface area (Å²) in [6.07, 6.45) is 3.38. The van der Waals surface area contributed by atoms with Crippen LogP contribution < -0.4 is 11.1 Å². The number of fused-ring (bicyclic) bond motifs is 3. The quantitative estimate of drug-likeness (QED) is 0.482. The van der Waals surface area contributed by atoms with Gasteiger partial charge in [0.25, 0.3) is 5.91 Å². The minimum Gasteiger partial charge on any atom is -0.361 e. The average molecular weight is 510 g/mol. The molecule has 0 saturated carbocycles. The Kier molecular flexibility index (Phi) is 5.95. The number of carbonyl (C=O) groups is 2. The Morgan fingerprint density at radius 1 is 1.11 bits per heavy atom. The number of quaternary nitrogens is 1. The number of nitrogens with one attached hydrogen (secondary N) is 2. The molecule has 0 radical (unpaired) electrons. The smallest absolute Gasteiger partial charge is 0.281 e. The Morgan fingerprint density at radius 2 is 1.78 bits per heavy atom. The molecule has 1 spiro atoms. The van der Waals surface area contributed by atoms with Gasteiger partial charge in [0.1, 0.15) is 6.04 Å². The van der Waals surface area contributed by atoms with Crippen LogP contribution in [-0.4, -0.2) is 60.5 Å². The lowest BCUT2D eigenvalue weighted by molar-refractivity contribution is -0.446. The van der Waals surface area contributed by atoms with Crippen molar-refractivity contribution in [3.05, 3.63) is 65.9 Å². The number of H-pyrrole nitrogens is 1. The Balaban J connectivity index is 1.37. The van der Waals surface area contributed by atoms with E-state index in [1.165, 1.54) is 0 Å². The van der Waals surface area contributed by atoms with Gasteiger partial charge in [0.15, 0.2) is 15.4 Å². The van der Waals surface area contributed by atoms with Gasteiger partial charge in [-0.15, -0.1) is 0 Å². The topological polar surface area (TPSA) is 127 Å². The molecule has 3 heterocycles. The molecule has 2 aromatic carbocycles. The summed E-state index contributed by atoms with van der Waals surface area (Å²) in [5, 5.41) is 3.96. The molecular weight excluding hydrogens is 476 g/mol. The van der Waals surface area contributed by atoms with E-state index < -0.39 is 26.8 Å². The summed E-state index contributed by atoms with van der Waals surface area (Å²) in [4.78, 5) is 32.0. The molecule has 1 aromatic heterocycles. The number of carbonyl (C=O) groups excluding carboxylic acids is 2. The van der Waals surface area contributed by atoms with Crippen LogP contribution in [0.4, 0.5) is 0 Å². The standard InChI is InChI=1S/C27H32N4O4S/c1-26(2,28)25(33)30-22(15-18-16-29-21-9-5-3-7-19(18)21)24(32)31-13-11-27(12-14-31)17-36(34,35)23-10-6-4-8-20(23)27/h3-10,16,22,29H,11-15,17,28H2,1-2H3,(H,30,33)/p+1/t22-/m1/s1. The largest absolute Gasteiger partial charge is 0.361 e. The molecular formula is C27H33N4O4S+. The third-order valence-corrected chi connectivity index (χ3v) is 9.57. The number of aromatic nitrogens is 1. The lowest BCUT2D eigenvalue weighted by Crippen LogP contribution is -2.76. The lowest BCUT2D eigenvalue weighted by atomic mass is 9.74. The Bertz CT molecular complexity index is 1430. The molecule has 2 amide bonds. The van der Waals surface area contributed by atoms with Crippen LogP contribution in [0.2, 0.25) is 0 Å². The van der Waals surface area contributed by atoms with Crippen molar-refractivity contribution < 1.29 is 23.7 Å². The molecule has 3 aromatic rings. The number of piperidine rings is 1. The molecule has 5 rings (SSSR count). The lowest BCUT2D eigenvalue weighted by Gasteiger charge is -2.40. The molecule has 1 fully saturated rings. The van der Waals surface area contributed by atoms with Crippen LogP contribution in [0, 0.1) is 0 Å². The number of rotatable bonds is 5. The van der Waals surface area contributed by atoms with Crippen molar-refractivity contribution in [2.45, 2.75) is 55.0 Å². The van der Waals surface area contributed by atoms with Gasteiger partial charge in [0.05, 0.1) is 10.6 Å². The normalized spacial score (nSPS) is 19.2. The summed E-state index contributed by atoms with van der Waals surface area (Å²) in [6.45, 7) is 4.32. The first-order chi connectivity index (χ1) is 17.0. The van der Waals surface area contributed by atoms with Crippen molar-refractivity contribution >= 4 is 32.6 Å². The van der Waals surface area contributed by atoms with Gasteiger partial charge in [-0.1, -0.05) is 36.4 Å². The van der Waals surface area contributed by atoms with Crippen molar-refractivity contribution in [2.24, 2.45) is 0 Å². The number of likely N-dealkylation sites (tertiary alicyclic amines) is 1. The van der Waals surface area contributed by atoms with Crippen LogP contribution in [0.15, 0.2) is 59.6 Å². The summed E-state index contributed by atoms with van der Waals surface area (Å²) >= 11 is 0. The number of aromatic amines is 1. The first-order valence-electron chi connectivity index (χ1n) is 12.3. The molecule has 190 valence electrons. The SMILES string of the molecule is CC(C)([NH3+])C(=O)N[C@H](Cc1c[nH]c2ccccc12)C(=O)N1CCC2(CC1)CS(=O)(=O)c1ccccc12. The first kappa shape index (κ1) is 24.5. The van der Waals surface area contributed by atoms with Crippen LogP contribution in [0.1, 0.15) is 37.8 Å². The molecule has 0 bridgehead atoms. The van der Waals surface area contributed by atoms with E-state index in [0.29, 0.717) is 37.2 Å². The van der Waals surface area contributed by atoms with Crippen molar-refractivity contribution in [2.75, 3.05) is 18.8 Å². The second kappa shape index (κ2) is 8.74. The molecule has 0 unspecified atom stereocenters. The van der Waals surface area contributed by atoms with Gasteiger partial charge in [-0.2, -0.15) is 0 Å². The fourth-order valence-corrected chi connectivity index (χ4v) is 7.79. The molecule has 0 aliphatic carbocycles. The molecule has 8 nitrogen and oxygen atoms in total. The van der Waals surface area contributed by atoms with Gasteiger partial charge in [0, 0.05) is 42.0 Å². The van der Waals surface area contributed by atoms with Crippen LogP contribution in [0.3, 0.4) is 0 Å². The monoisotopic (exact) mass is 509 g/mol. The van der Waals surface area contributed by atoms with E-state index in [2.05, 4.69) is 16.0 Å². The zero-order valence-corrected chi connectivity index (χ0v) is 21.5. The summed E-state index contributed by atoms with van der Waals surface area (Å²) in [6, 6.07) is 14.4. The fraction of sp³-hybridized carbons (Fsp3) is 0.407. The Labute approximate surface area is 211 Å².